The molecule has 2 amide bonds. The second-order valence-electron chi connectivity index (χ2n) is 8.92. The lowest BCUT2D eigenvalue weighted by atomic mass is 9.93. The Morgan fingerprint density at radius 3 is 2.60 bits per heavy atom. The van der Waals surface area contributed by atoms with E-state index in [2.05, 4.69) is 30.6 Å². The molecule has 2 N–H and O–H groups in total. The van der Waals surface area contributed by atoms with Crippen molar-refractivity contribution in [1.82, 2.24) is 9.47 Å². The highest BCUT2D eigenvalue weighted by Crippen LogP contribution is 2.33. The number of carbonyl (C=O) groups is 2. The first-order valence-corrected chi connectivity index (χ1v) is 11.3. The van der Waals surface area contributed by atoms with E-state index in [1.54, 1.807) is 11.0 Å². The normalized spacial score (nSPS) is 20.8. The maximum atomic E-state index is 13.1. The maximum Gasteiger partial charge on any atom is 0.264 e. The van der Waals surface area contributed by atoms with E-state index < -0.39 is 0 Å². The van der Waals surface area contributed by atoms with Gasteiger partial charge in [0.15, 0.2) is 0 Å². The molecule has 0 spiro atoms. The van der Waals surface area contributed by atoms with Crippen molar-refractivity contribution in [2.75, 3.05) is 13.1 Å². The van der Waals surface area contributed by atoms with Gasteiger partial charge in [0.05, 0.1) is 0 Å². The Morgan fingerprint density at radius 2 is 1.93 bits per heavy atom. The number of hydrogen-bond acceptors (Lipinski definition) is 3. The maximum absolute atomic E-state index is 13.1. The van der Waals surface area contributed by atoms with Crippen molar-refractivity contribution in [3.05, 3.63) is 28.6 Å². The van der Waals surface area contributed by atoms with Gasteiger partial charge in [-0.3, -0.25) is 9.59 Å². The SMILES string of the molecule is Cc1cc(/C=C(/C#N)C(=O)N2CCCC(CCC(N)=O)C2)c(C)n1C1CCCCC1. The number of nitrogens with two attached hydrogens (primary N) is 1. The molecule has 3 rings (SSSR count). The smallest absolute Gasteiger partial charge is 0.264 e. The number of rotatable bonds is 6. The zero-order valence-corrected chi connectivity index (χ0v) is 18.3. The van der Waals surface area contributed by atoms with Crippen molar-refractivity contribution in [2.45, 2.75) is 77.7 Å². The molecule has 0 bridgehead atoms. The van der Waals surface area contributed by atoms with E-state index in [0.29, 0.717) is 32.0 Å². The van der Waals surface area contributed by atoms with E-state index in [-0.39, 0.29) is 23.3 Å². The van der Waals surface area contributed by atoms with Gasteiger partial charge in [0, 0.05) is 36.9 Å². The minimum absolute atomic E-state index is 0.189. The third-order valence-corrected chi connectivity index (χ3v) is 6.72. The quantitative estimate of drug-likeness (QED) is 0.567. The Morgan fingerprint density at radius 1 is 1.20 bits per heavy atom. The molecule has 1 atom stereocenters. The lowest BCUT2D eigenvalue weighted by Gasteiger charge is -2.32. The predicted octanol–water partition coefficient (Wildman–Crippen LogP) is 4.02. The number of amides is 2. The first-order valence-electron chi connectivity index (χ1n) is 11.3. The molecule has 1 saturated carbocycles. The standard InChI is InChI=1S/C24H34N4O2/c1-17-13-20(18(2)28(17)22-8-4-3-5-9-22)14-21(15-25)24(30)27-12-6-7-19(16-27)10-11-23(26)29/h13-14,19,22H,3-12,16H2,1-2H3,(H2,26,29)/b21-14-. The number of aromatic nitrogens is 1. The lowest BCUT2D eigenvalue weighted by molar-refractivity contribution is -0.128. The van der Waals surface area contributed by atoms with E-state index in [4.69, 9.17) is 5.73 Å². The average molecular weight is 411 g/mol. The van der Waals surface area contributed by atoms with Crippen LogP contribution in [0.2, 0.25) is 0 Å². The molecule has 6 nitrogen and oxygen atoms in total. The lowest BCUT2D eigenvalue weighted by Crippen LogP contribution is -2.40. The van der Waals surface area contributed by atoms with Crippen LogP contribution in [0, 0.1) is 31.1 Å². The number of nitrogens with zero attached hydrogens (tertiary/aromatic N) is 3. The molecule has 2 heterocycles. The molecule has 0 radical (unpaired) electrons. The van der Waals surface area contributed by atoms with E-state index in [1.807, 2.05) is 0 Å². The fourth-order valence-electron chi connectivity index (χ4n) is 5.15. The van der Waals surface area contributed by atoms with Crippen LogP contribution in [-0.4, -0.2) is 34.4 Å². The molecule has 2 fully saturated rings. The highest BCUT2D eigenvalue weighted by atomic mass is 16.2. The number of nitriles is 1. The van der Waals surface area contributed by atoms with E-state index in [1.165, 1.54) is 37.8 Å². The number of piperidine rings is 1. The molecule has 2 aliphatic rings. The van der Waals surface area contributed by atoms with Gasteiger partial charge in [0.2, 0.25) is 5.91 Å². The monoisotopic (exact) mass is 410 g/mol. The van der Waals surface area contributed by atoms with Crippen molar-refractivity contribution in [1.29, 1.82) is 5.26 Å². The van der Waals surface area contributed by atoms with Crippen molar-refractivity contribution < 1.29 is 9.59 Å². The summed E-state index contributed by atoms with van der Waals surface area (Å²) in [6.45, 7) is 5.45. The molecule has 1 aliphatic heterocycles. The van der Waals surface area contributed by atoms with Gasteiger partial charge in [-0.05, 0) is 69.6 Å². The molecular formula is C24H34N4O2. The van der Waals surface area contributed by atoms with Crippen LogP contribution >= 0.6 is 0 Å². The highest BCUT2D eigenvalue weighted by molar-refractivity contribution is 6.01. The molecular weight excluding hydrogens is 376 g/mol. The Hall–Kier alpha value is -2.55. The molecule has 162 valence electrons. The molecule has 1 aromatic heterocycles. The van der Waals surface area contributed by atoms with Crippen molar-refractivity contribution >= 4 is 17.9 Å². The summed E-state index contributed by atoms with van der Waals surface area (Å²) in [5, 5.41) is 9.71. The first-order chi connectivity index (χ1) is 14.4. The van der Waals surface area contributed by atoms with Gasteiger partial charge in [-0.2, -0.15) is 5.26 Å². The summed E-state index contributed by atoms with van der Waals surface area (Å²) in [6.07, 6.45) is 10.9. The summed E-state index contributed by atoms with van der Waals surface area (Å²) in [6, 6.07) is 4.76. The van der Waals surface area contributed by atoms with Gasteiger partial charge < -0.3 is 15.2 Å². The Labute approximate surface area is 179 Å². The van der Waals surface area contributed by atoms with Crippen LogP contribution in [0.25, 0.3) is 6.08 Å². The molecule has 6 heteroatoms. The summed E-state index contributed by atoms with van der Waals surface area (Å²) < 4.78 is 2.39. The largest absolute Gasteiger partial charge is 0.370 e. The molecule has 1 aliphatic carbocycles. The van der Waals surface area contributed by atoms with Crippen molar-refractivity contribution in [3.63, 3.8) is 0 Å². The second-order valence-corrected chi connectivity index (χ2v) is 8.92. The van der Waals surface area contributed by atoms with Gasteiger partial charge >= 0.3 is 0 Å². The summed E-state index contributed by atoms with van der Waals surface area (Å²) >= 11 is 0. The van der Waals surface area contributed by atoms with Crippen LogP contribution in [0.4, 0.5) is 0 Å². The zero-order chi connectivity index (χ0) is 21.7. The third-order valence-electron chi connectivity index (χ3n) is 6.72. The van der Waals surface area contributed by atoms with Crippen molar-refractivity contribution in [2.24, 2.45) is 11.7 Å². The van der Waals surface area contributed by atoms with E-state index in [0.717, 1.165) is 24.1 Å². The van der Waals surface area contributed by atoms with Crippen LogP contribution in [0.5, 0.6) is 0 Å². The van der Waals surface area contributed by atoms with Gasteiger partial charge in [-0.25, -0.2) is 0 Å². The zero-order valence-electron chi connectivity index (χ0n) is 18.3. The first kappa shape index (κ1) is 22.1. The number of carbonyl (C=O) groups excluding carboxylic acids is 2. The van der Waals surface area contributed by atoms with Crippen LogP contribution in [0.3, 0.4) is 0 Å². The average Bonchev–Trinajstić information content (AvgIpc) is 3.03. The van der Waals surface area contributed by atoms with Crippen molar-refractivity contribution in [3.8, 4) is 6.07 Å². The topological polar surface area (TPSA) is 92.1 Å². The summed E-state index contributed by atoms with van der Waals surface area (Å²) in [4.78, 5) is 25.9. The van der Waals surface area contributed by atoms with Crippen LogP contribution in [0.1, 0.15) is 80.8 Å². The van der Waals surface area contributed by atoms with Gasteiger partial charge in [-0.15, -0.1) is 0 Å². The molecule has 1 saturated heterocycles. The molecule has 1 unspecified atom stereocenters. The second kappa shape index (κ2) is 9.97. The van der Waals surface area contributed by atoms with Gasteiger partial charge in [0.1, 0.15) is 11.6 Å². The number of likely N-dealkylation sites (tertiary alicyclic amines) is 1. The van der Waals surface area contributed by atoms with Crippen LogP contribution < -0.4 is 5.73 Å². The fraction of sp³-hybridized carbons (Fsp3) is 0.625. The Kier molecular flexibility index (Phi) is 7.36. The molecule has 0 aromatic carbocycles. The Bertz CT molecular complexity index is 855. The minimum atomic E-state index is -0.301. The summed E-state index contributed by atoms with van der Waals surface area (Å²) in [7, 11) is 0. The van der Waals surface area contributed by atoms with Gasteiger partial charge in [-0.1, -0.05) is 19.3 Å². The summed E-state index contributed by atoms with van der Waals surface area (Å²) in [5.41, 5.74) is 8.75. The number of hydrogen-bond donors (Lipinski definition) is 1. The third kappa shape index (κ3) is 5.13. The van der Waals surface area contributed by atoms with Gasteiger partial charge in [0.25, 0.3) is 5.91 Å². The number of primary amides is 1. The van der Waals surface area contributed by atoms with Crippen LogP contribution in [-0.2, 0) is 9.59 Å². The van der Waals surface area contributed by atoms with Crippen LogP contribution in [0.15, 0.2) is 11.6 Å². The molecule has 30 heavy (non-hydrogen) atoms. The fourth-order valence-corrected chi connectivity index (χ4v) is 5.15. The predicted molar refractivity (Wildman–Crippen MR) is 117 cm³/mol. The highest BCUT2D eigenvalue weighted by Gasteiger charge is 2.27. The number of aryl methyl sites for hydroxylation is 1. The minimum Gasteiger partial charge on any atom is -0.370 e. The molecule has 1 aromatic rings. The summed E-state index contributed by atoms with van der Waals surface area (Å²) in [5.74, 6) is -0.236. The van der Waals surface area contributed by atoms with E-state index in [9.17, 15) is 14.9 Å². The van der Waals surface area contributed by atoms with E-state index >= 15 is 0 Å². The Balaban J connectivity index is 1.76.